The molecule has 0 aliphatic carbocycles. The van der Waals surface area contributed by atoms with Crippen LogP contribution in [0.15, 0.2) is 23.2 Å². The Kier molecular flexibility index (Phi) is 10.3. The molecule has 7 nitrogen and oxygen atoms in total. The number of aliphatic imine (C=N–C) groups is 1. The Morgan fingerprint density at radius 3 is 2.30 bits per heavy atom. The van der Waals surface area contributed by atoms with Gasteiger partial charge in [0.25, 0.3) is 0 Å². The maximum Gasteiger partial charge on any atom is 0.219 e. The third-order valence-corrected chi connectivity index (χ3v) is 4.47. The summed E-state index contributed by atoms with van der Waals surface area (Å²) in [7, 11) is 3.28. The summed E-state index contributed by atoms with van der Waals surface area (Å²) < 4.78 is 10.6. The smallest absolute Gasteiger partial charge is 0.219 e. The molecule has 1 N–H and O–H groups in total. The van der Waals surface area contributed by atoms with Crippen molar-refractivity contribution in [2.75, 3.05) is 53.5 Å². The molecule has 2 rings (SSSR count). The highest BCUT2D eigenvalue weighted by molar-refractivity contribution is 14.0. The normalized spacial score (nSPS) is 14.4. The Bertz CT molecular complexity index is 631. The molecule has 1 aromatic rings. The molecule has 0 unspecified atom stereocenters. The SMILES string of the molecule is CCNC(=NCCc1ccc(OC)c(OC)c1)N1CCN(C(C)=O)CC1.I. The molecule has 0 spiro atoms. The fourth-order valence-electron chi connectivity index (χ4n) is 2.99. The molecule has 27 heavy (non-hydrogen) atoms. The summed E-state index contributed by atoms with van der Waals surface area (Å²) >= 11 is 0. The van der Waals surface area contributed by atoms with E-state index < -0.39 is 0 Å². The van der Waals surface area contributed by atoms with Crippen LogP contribution >= 0.6 is 24.0 Å². The quantitative estimate of drug-likeness (QED) is 0.376. The van der Waals surface area contributed by atoms with Gasteiger partial charge in [-0.2, -0.15) is 0 Å². The van der Waals surface area contributed by atoms with Gasteiger partial charge < -0.3 is 24.6 Å². The zero-order valence-corrected chi connectivity index (χ0v) is 19.0. The van der Waals surface area contributed by atoms with Gasteiger partial charge in [-0.25, -0.2) is 0 Å². The lowest BCUT2D eigenvalue weighted by Gasteiger charge is -2.36. The van der Waals surface area contributed by atoms with Gasteiger partial charge in [0.05, 0.1) is 14.2 Å². The highest BCUT2D eigenvalue weighted by Crippen LogP contribution is 2.27. The van der Waals surface area contributed by atoms with Gasteiger partial charge in [-0.15, -0.1) is 24.0 Å². The molecule has 0 saturated carbocycles. The van der Waals surface area contributed by atoms with Crippen LogP contribution in [0.5, 0.6) is 11.5 Å². The minimum absolute atomic E-state index is 0. The van der Waals surface area contributed by atoms with Crippen LogP contribution in [0, 0.1) is 0 Å². The van der Waals surface area contributed by atoms with Crippen molar-refractivity contribution < 1.29 is 14.3 Å². The molecule has 0 bridgehead atoms. The summed E-state index contributed by atoms with van der Waals surface area (Å²) in [5.41, 5.74) is 1.16. The number of nitrogens with one attached hydrogen (secondary N) is 1. The van der Waals surface area contributed by atoms with Crippen LogP contribution in [0.3, 0.4) is 0 Å². The second-order valence-corrected chi connectivity index (χ2v) is 6.17. The number of nitrogens with zero attached hydrogens (tertiary/aromatic N) is 3. The minimum atomic E-state index is 0. The first-order chi connectivity index (χ1) is 12.6. The van der Waals surface area contributed by atoms with Crippen molar-refractivity contribution >= 4 is 35.8 Å². The second-order valence-electron chi connectivity index (χ2n) is 6.17. The predicted molar refractivity (Wildman–Crippen MR) is 118 cm³/mol. The van der Waals surface area contributed by atoms with E-state index in [1.165, 1.54) is 0 Å². The number of carbonyl (C=O) groups is 1. The topological polar surface area (TPSA) is 66.4 Å². The molecular weight excluding hydrogens is 459 g/mol. The Balaban J connectivity index is 0.00000364. The van der Waals surface area contributed by atoms with Crippen LogP contribution in [-0.2, 0) is 11.2 Å². The van der Waals surface area contributed by atoms with Crippen LogP contribution in [0.4, 0.5) is 0 Å². The van der Waals surface area contributed by atoms with Gasteiger partial charge in [0.2, 0.25) is 5.91 Å². The van der Waals surface area contributed by atoms with E-state index in [-0.39, 0.29) is 29.9 Å². The molecule has 152 valence electrons. The van der Waals surface area contributed by atoms with Crippen molar-refractivity contribution in [1.82, 2.24) is 15.1 Å². The van der Waals surface area contributed by atoms with Gasteiger partial charge >= 0.3 is 0 Å². The number of benzene rings is 1. The molecule has 1 amide bonds. The number of piperazine rings is 1. The van der Waals surface area contributed by atoms with Crippen molar-refractivity contribution in [3.8, 4) is 11.5 Å². The Morgan fingerprint density at radius 1 is 1.11 bits per heavy atom. The van der Waals surface area contributed by atoms with Gasteiger partial charge in [-0.05, 0) is 31.0 Å². The predicted octanol–water partition coefficient (Wildman–Crippen LogP) is 1.99. The second kappa shape index (κ2) is 11.9. The van der Waals surface area contributed by atoms with Crippen LogP contribution in [-0.4, -0.2) is 75.2 Å². The van der Waals surface area contributed by atoms with E-state index >= 15 is 0 Å². The van der Waals surface area contributed by atoms with Crippen LogP contribution in [0.2, 0.25) is 0 Å². The molecule has 0 aromatic heterocycles. The minimum Gasteiger partial charge on any atom is -0.493 e. The van der Waals surface area contributed by atoms with Crippen LogP contribution in [0.25, 0.3) is 0 Å². The first-order valence-corrected chi connectivity index (χ1v) is 9.08. The van der Waals surface area contributed by atoms with E-state index in [2.05, 4.69) is 17.1 Å². The largest absolute Gasteiger partial charge is 0.493 e. The number of ether oxygens (including phenoxy) is 2. The average Bonchev–Trinajstić information content (AvgIpc) is 2.67. The molecule has 1 saturated heterocycles. The number of hydrogen-bond donors (Lipinski definition) is 1. The van der Waals surface area contributed by atoms with Crippen molar-refractivity contribution in [1.29, 1.82) is 0 Å². The fraction of sp³-hybridized carbons (Fsp3) is 0.579. The average molecular weight is 490 g/mol. The highest BCUT2D eigenvalue weighted by atomic mass is 127. The van der Waals surface area contributed by atoms with Crippen LogP contribution in [0.1, 0.15) is 19.4 Å². The lowest BCUT2D eigenvalue weighted by Crippen LogP contribution is -2.53. The summed E-state index contributed by atoms with van der Waals surface area (Å²) in [6, 6.07) is 5.95. The molecule has 1 aliphatic heterocycles. The standard InChI is InChI=1S/C19H30N4O3.HI/c1-5-20-19(23-12-10-22(11-13-23)15(2)24)21-9-8-16-6-7-17(25-3)18(14-16)26-4;/h6-7,14H,5,8-13H2,1-4H3,(H,20,21);1H. The summed E-state index contributed by atoms with van der Waals surface area (Å²) in [6.45, 7) is 8.30. The number of carbonyl (C=O) groups excluding carboxylic acids is 1. The summed E-state index contributed by atoms with van der Waals surface area (Å²) in [6.07, 6.45) is 0.822. The molecule has 8 heteroatoms. The van der Waals surface area contributed by atoms with Crippen molar-refractivity contribution in [3.63, 3.8) is 0 Å². The molecule has 0 atom stereocenters. The van der Waals surface area contributed by atoms with Gasteiger partial charge in [0.15, 0.2) is 17.5 Å². The van der Waals surface area contributed by atoms with E-state index in [1.54, 1.807) is 21.1 Å². The molecule has 1 heterocycles. The number of rotatable bonds is 6. The van der Waals surface area contributed by atoms with E-state index in [4.69, 9.17) is 14.5 Å². The zero-order valence-electron chi connectivity index (χ0n) is 16.7. The number of methoxy groups -OCH3 is 2. The fourth-order valence-corrected chi connectivity index (χ4v) is 2.99. The Hall–Kier alpha value is -1.71. The lowest BCUT2D eigenvalue weighted by atomic mass is 10.1. The monoisotopic (exact) mass is 490 g/mol. The molecule has 0 radical (unpaired) electrons. The highest BCUT2D eigenvalue weighted by Gasteiger charge is 2.20. The van der Waals surface area contributed by atoms with E-state index in [1.807, 2.05) is 23.1 Å². The number of amides is 1. The van der Waals surface area contributed by atoms with Gasteiger partial charge in [0, 0.05) is 46.2 Å². The number of hydrogen-bond acceptors (Lipinski definition) is 4. The molecule has 1 aromatic carbocycles. The zero-order chi connectivity index (χ0) is 18.9. The van der Waals surface area contributed by atoms with E-state index in [9.17, 15) is 4.79 Å². The van der Waals surface area contributed by atoms with Crippen LogP contribution < -0.4 is 14.8 Å². The first-order valence-electron chi connectivity index (χ1n) is 9.08. The van der Waals surface area contributed by atoms with Gasteiger partial charge in [0.1, 0.15) is 0 Å². The first kappa shape index (κ1) is 23.3. The molecular formula is C19H31IN4O3. The maximum atomic E-state index is 11.5. The Morgan fingerprint density at radius 2 is 1.74 bits per heavy atom. The Labute approximate surface area is 179 Å². The van der Waals surface area contributed by atoms with Crippen molar-refractivity contribution in [2.45, 2.75) is 20.3 Å². The summed E-state index contributed by atoms with van der Waals surface area (Å²) in [4.78, 5) is 20.3. The summed E-state index contributed by atoms with van der Waals surface area (Å²) in [5.74, 6) is 2.52. The number of guanidine groups is 1. The third kappa shape index (κ3) is 6.75. The van der Waals surface area contributed by atoms with Crippen molar-refractivity contribution in [2.24, 2.45) is 4.99 Å². The van der Waals surface area contributed by atoms with Gasteiger partial charge in [-0.3, -0.25) is 9.79 Å². The third-order valence-electron chi connectivity index (χ3n) is 4.47. The van der Waals surface area contributed by atoms with E-state index in [0.29, 0.717) is 6.54 Å². The molecule has 1 fully saturated rings. The van der Waals surface area contributed by atoms with E-state index in [0.717, 1.165) is 62.2 Å². The maximum absolute atomic E-state index is 11.5. The lowest BCUT2D eigenvalue weighted by molar-refractivity contribution is -0.130. The summed E-state index contributed by atoms with van der Waals surface area (Å²) in [5, 5.41) is 3.35. The number of halogens is 1. The molecule has 1 aliphatic rings. The van der Waals surface area contributed by atoms with Crippen molar-refractivity contribution in [3.05, 3.63) is 23.8 Å². The van der Waals surface area contributed by atoms with Gasteiger partial charge in [-0.1, -0.05) is 6.07 Å².